The first-order chi connectivity index (χ1) is 17.0. The Kier molecular flexibility index (Phi) is 9.14. The molecular weight excluding hydrogens is 450 g/mol. The van der Waals surface area contributed by atoms with Crippen molar-refractivity contribution in [3.63, 3.8) is 0 Å². The van der Waals surface area contributed by atoms with Gasteiger partial charge in [0.05, 0.1) is 26.9 Å². The number of aryl methyl sites for hydroxylation is 1. The van der Waals surface area contributed by atoms with Gasteiger partial charge in [0.1, 0.15) is 28.9 Å². The van der Waals surface area contributed by atoms with Crippen LogP contribution in [0.1, 0.15) is 24.7 Å². The molecule has 0 fully saturated rings. The maximum atomic E-state index is 12.4. The fourth-order valence-electron chi connectivity index (χ4n) is 3.03. The molecule has 2 aromatic carbocycles. The van der Waals surface area contributed by atoms with E-state index in [0.29, 0.717) is 49.1 Å². The van der Waals surface area contributed by atoms with Gasteiger partial charge in [-0.2, -0.15) is 5.26 Å². The molecule has 35 heavy (non-hydrogen) atoms. The lowest BCUT2D eigenvalue weighted by Crippen LogP contribution is -2.13. The van der Waals surface area contributed by atoms with Crippen LogP contribution in [0.15, 0.2) is 58.6 Å². The fraction of sp³-hybridized carbons (Fsp3) is 0.269. The van der Waals surface area contributed by atoms with Gasteiger partial charge in [0.2, 0.25) is 0 Å². The normalized spacial score (nSPS) is 10.9. The lowest BCUT2D eigenvalue weighted by molar-refractivity contribution is -0.112. The van der Waals surface area contributed by atoms with Crippen molar-refractivity contribution in [1.29, 1.82) is 5.26 Å². The molecule has 0 atom stereocenters. The molecule has 9 nitrogen and oxygen atoms in total. The molecule has 0 aliphatic heterocycles. The van der Waals surface area contributed by atoms with Crippen LogP contribution in [0.4, 0.5) is 5.82 Å². The summed E-state index contributed by atoms with van der Waals surface area (Å²) in [6.07, 6.45) is 2.14. The predicted octanol–water partition coefficient (Wildman–Crippen LogP) is 4.78. The number of methoxy groups -OCH3 is 1. The number of hydrogen-bond donors (Lipinski definition) is 1. The van der Waals surface area contributed by atoms with Gasteiger partial charge in [-0.05, 0) is 61.9 Å². The van der Waals surface area contributed by atoms with Crippen LogP contribution in [0.3, 0.4) is 0 Å². The second-order valence-electron chi connectivity index (χ2n) is 7.31. The van der Waals surface area contributed by atoms with Gasteiger partial charge in [0, 0.05) is 12.5 Å². The van der Waals surface area contributed by atoms with Crippen molar-refractivity contribution >= 4 is 17.8 Å². The van der Waals surface area contributed by atoms with E-state index in [9.17, 15) is 10.1 Å². The lowest BCUT2D eigenvalue weighted by Gasteiger charge is -2.13. The molecule has 0 radical (unpaired) electrons. The highest BCUT2D eigenvalue weighted by Crippen LogP contribution is 2.29. The predicted molar refractivity (Wildman–Crippen MR) is 130 cm³/mol. The summed E-state index contributed by atoms with van der Waals surface area (Å²) < 4.78 is 27.3. The van der Waals surface area contributed by atoms with E-state index in [1.165, 1.54) is 6.08 Å². The highest BCUT2D eigenvalue weighted by Gasteiger charge is 2.13. The summed E-state index contributed by atoms with van der Waals surface area (Å²) >= 11 is 0. The van der Waals surface area contributed by atoms with E-state index in [1.807, 2.05) is 37.3 Å². The summed E-state index contributed by atoms with van der Waals surface area (Å²) in [5.74, 6) is 2.81. The van der Waals surface area contributed by atoms with Gasteiger partial charge in [-0.25, -0.2) is 0 Å². The van der Waals surface area contributed by atoms with Gasteiger partial charge in [0.25, 0.3) is 5.91 Å². The van der Waals surface area contributed by atoms with Gasteiger partial charge in [-0.3, -0.25) is 4.79 Å². The molecule has 3 aromatic rings. The number of ether oxygens (including phenoxy) is 4. The quantitative estimate of drug-likeness (QED) is 0.225. The molecule has 0 saturated carbocycles. The van der Waals surface area contributed by atoms with Crippen molar-refractivity contribution in [2.45, 2.75) is 20.3 Å². The van der Waals surface area contributed by atoms with Crippen LogP contribution in [0.5, 0.6) is 23.0 Å². The summed E-state index contributed by atoms with van der Waals surface area (Å²) in [6.45, 7) is 4.91. The van der Waals surface area contributed by atoms with Gasteiger partial charge >= 0.3 is 0 Å². The Labute approximate surface area is 203 Å². The Balaban J connectivity index is 1.58. The molecule has 0 unspecified atom stereocenters. The molecule has 0 saturated heterocycles. The first-order valence-corrected chi connectivity index (χ1v) is 11.1. The molecule has 0 aliphatic rings. The number of amides is 1. The number of anilines is 1. The smallest absolute Gasteiger partial charge is 0.267 e. The Morgan fingerprint density at radius 2 is 1.80 bits per heavy atom. The largest absolute Gasteiger partial charge is 0.497 e. The van der Waals surface area contributed by atoms with Crippen LogP contribution in [-0.2, 0) is 4.79 Å². The third-order valence-corrected chi connectivity index (χ3v) is 4.69. The summed E-state index contributed by atoms with van der Waals surface area (Å²) in [6, 6.07) is 16.1. The number of nitriles is 1. The number of hydrogen-bond acceptors (Lipinski definition) is 8. The number of nitrogens with one attached hydrogen (secondary N) is 1. The fourth-order valence-corrected chi connectivity index (χ4v) is 3.03. The Morgan fingerprint density at radius 1 is 1.06 bits per heavy atom. The molecule has 0 aliphatic carbocycles. The average molecular weight is 478 g/mol. The lowest BCUT2D eigenvalue weighted by atomic mass is 10.1. The monoisotopic (exact) mass is 477 g/mol. The van der Waals surface area contributed by atoms with Crippen LogP contribution >= 0.6 is 0 Å². The highest BCUT2D eigenvalue weighted by atomic mass is 16.5. The van der Waals surface area contributed by atoms with E-state index in [0.717, 1.165) is 11.5 Å². The maximum Gasteiger partial charge on any atom is 0.267 e. The van der Waals surface area contributed by atoms with Crippen molar-refractivity contribution in [2.24, 2.45) is 0 Å². The SMILES string of the molecule is CCOc1cc(C=C(C#N)C(=O)Nc2cc(C)on2)ccc1OCCCOc1ccc(OC)cc1. The molecule has 3 rings (SSSR count). The number of carbonyl (C=O) groups is 1. The number of nitrogens with zero attached hydrogens (tertiary/aromatic N) is 2. The van der Waals surface area contributed by atoms with E-state index >= 15 is 0 Å². The second kappa shape index (κ2) is 12.7. The van der Waals surface area contributed by atoms with Crippen LogP contribution in [0.25, 0.3) is 6.08 Å². The van der Waals surface area contributed by atoms with Gasteiger partial charge < -0.3 is 28.8 Å². The minimum atomic E-state index is -0.587. The highest BCUT2D eigenvalue weighted by molar-refractivity contribution is 6.09. The summed E-state index contributed by atoms with van der Waals surface area (Å²) in [4.78, 5) is 12.4. The minimum Gasteiger partial charge on any atom is -0.497 e. The van der Waals surface area contributed by atoms with Crippen molar-refractivity contribution in [3.8, 4) is 29.1 Å². The standard InChI is InChI=1S/C26H27N3O6/c1-4-32-24-16-19(15-20(17-27)26(30)28-25-14-18(2)35-29-25)6-11-23(24)34-13-5-12-33-22-9-7-21(31-3)8-10-22/h6-11,14-16H,4-5,12-13H2,1-3H3,(H,28,29,30). The summed E-state index contributed by atoms with van der Waals surface area (Å²) in [5, 5.41) is 15.7. The van der Waals surface area contributed by atoms with Gasteiger partial charge in [-0.15, -0.1) is 0 Å². The topological polar surface area (TPSA) is 116 Å². The second-order valence-corrected chi connectivity index (χ2v) is 7.31. The van der Waals surface area contributed by atoms with Crippen LogP contribution < -0.4 is 24.3 Å². The summed E-state index contributed by atoms with van der Waals surface area (Å²) in [5.41, 5.74) is 0.532. The van der Waals surface area contributed by atoms with Crippen LogP contribution in [-0.4, -0.2) is 38.0 Å². The van der Waals surface area contributed by atoms with Crippen molar-refractivity contribution in [1.82, 2.24) is 5.16 Å². The Hall–Kier alpha value is -4.45. The molecule has 182 valence electrons. The van der Waals surface area contributed by atoms with Crippen molar-refractivity contribution in [3.05, 3.63) is 65.4 Å². The molecular formula is C26H27N3O6. The molecule has 1 aromatic heterocycles. The van der Waals surface area contributed by atoms with E-state index in [2.05, 4.69) is 10.5 Å². The number of aromatic nitrogens is 1. The zero-order chi connectivity index (χ0) is 25.0. The zero-order valence-electron chi connectivity index (χ0n) is 19.9. The van der Waals surface area contributed by atoms with Crippen LogP contribution in [0, 0.1) is 18.3 Å². The first kappa shape index (κ1) is 25.2. The maximum absolute atomic E-state index is 12.4. The van der Waals surface area contributed by atoms with Crippen molar-refractivity contribution in [2.75, 3.05) is 32.2 Å². The van der Waals surface area contributed by atoms with E-state index < -0.39 is 5.91 Å². The molecule has 0 spiro atoms. The van der Waals surface area contributed by atoms with Crippen molar-refractivity contribution < 1.29 is 28.3 Å². The number of benzene rings is 2. The number of carbonyl (C=O) groups excluding carboxylic acids is 1. The average Bonchev–Trinajstić information content (AvgIpc) is 3.28. The minimum absolute atomic E-state index is 0.0857. The third-order valence-electron chi connectivity index (χ3n) is 4.69. The third kappa shape index (κ3) is 7.54. The zero-order valence-corrected chi connectivity index (χ0v) is 19.9. The Morgan fingerprint density at radius 3 is 2.46 bits per heavy atom. The molecule has 1 N–H and O–H groups in total. The molecule has 9 heteroatoms. The van der Waals surface area contributed by atoms with E-state index in [4.69, 9.17) is 23.5 Å². The summed E-state index contributed by atoms with van der Waals surface area (Å²) in [7, 11) is 1.62. The number of rotatable bonds is 12. The molecule has 1 heterocycles. The molecule has 1 amide bonds. The Bertz CT molecular complexity index is 1190. The van der Waals surface area contributed by atoms with Gasteiger partial charge in [-0.1, -0.05) is 11.2 Å². The van der Waals surface area contributed by atoms with E-state index in [-0.39, 0.29) is 11.4 Å². The molecule has 0 bridgehead atoms. The van der Waals surface area contributed by atoms with Crippen LogP contribution in [0.2, 0.25) is 0 Å². The van der Waals surface area contributed by atoms with Gasteiger partial charge in [0.15, 0.2) is 17.3 Å². The van der Waals surface area contributed by atoms with E-state index in [1.54, 1.807) is 38.3 Å². The first-order valence-electron chi connectivity index (χ1n) is 11.1.